The third kappa shape index (κ3) is 7.47. The third-order valence-corrected chi connectivity index (χ3v) is 2.60. The number of benzene rings is 2. The van der Waals surface area contributed by atoms with Gasteiger partial charge in [0, 0.05) is 0 Å². The van der Waals surface area contributed by atoms with Gasteiger partial charge in [-0.1, -0.05) is 60.7 Å². The van der Waals surface area contributed by atoms with Crippen LogP contribution in [0.3, 0.4) is 0 Å². The van der Waals surface area contributed by atoms with Crippen LogP contribution in [0.1, 0.15) is 11.1 Å². The summed E-state index contributed by atoms with van der Waals surface area (Å²) in [5.74, 6) is 0. The van der Waals surface area contributed by atoms with E-state index in [1.807, 2.05) is 60.7 Å². The lowest BCUT2D eigenvalue weighted by Crippen LogP contribution is -1.76. The third-order valence-electron chi connectivity index (χ3n) is 2.34. The molecule has 100 valence electrons. The molecule has 0 radical (unpaired) electrons. The average Bonchev–Trinajstić information content (AvgIpc) is 2.53. The van der Waals surface area contributed by atoms with Crippen molar-refractivity contribution in [1.82, 2.24) is 0 Å². The minimum absolute atomic E-state index is 0.643. The van der Waals surface area contributed by atoms with Crippen LogP contribution >= 0.6 is 24.4 Å². The number of isothiocyanates is 2. The second kappa shape index (κ2) is 10.9. The van der Waals surface area contributed by atoms with Crippen LogP contribution < -0.4 is 0 Å². The second-order valence-corrected chi connectivity index (χ2v) is 4.15. The smallest absolute Gasteiger partial charge is 0.0743 e. The molecule has 2 aromatic carbocycles. The van der Waals surface area contributed by atoms with Crippen LogP contribution in [0.2, 0.25) is 0 Å². The molecule has 0 atom stereocenters. The molecular formula is C16H14N2S2. The monoisotopic (exact) mass is 298 g/mol. The molecule has 0 saturated heterocycles. The summed E-state index contributed by atoms with van der Waals surface area (Å²) in [6.45, 7) is 1.29. The van der Waals surface area contributed by atoms with E-state index in [2.05, 4.69) is 44.7 Å². The van der Waals surface area contributed by atoms with Crippen molar-refractivity contribution >= 4 is 34.8 Å². The van der Waals surface area contributed by atoms with Crippen LogP contribution in [0.4, 0.5) is 0 Å². The van der Waals surface area contributed by atoms with E-state index in [1.54, 1.807) is 0 Å². The fourth-order valence-corrected chi connectivity index (χ4v) is 1.54. The molecule has 0 amide bonds. The fourth-order valence-electron chi connectivity index (χ4n) is 1.41. The molecule has 20 heavy (non-hydrogen) atoms. The second-order valence-electron chi connectivity index (χ2n) is 3.79. The lowest BCUT2D eigenvalue weighted by Gasteiger charge is -1.90. The van der Waals surface area contributed by atoms with Gasteiger partial charge in [-0.15, -0.1) is 0 Å². The van der Waals surface area contributed by atoms with Gasteiger partial charge in [0.15, 0.2) is 0 Å². The van der Waals surface area contributed by atoms with E-state index in [9.17, 15) is 0 Å². The molecule has 0 aliphatic heterocycles. The lowest BCUT2D eigenvalue weighted by atomic mass is 10.2. The molecule has 0 saturated carbocycles. The van der Waals surface area contributed by atoms with Gasteiger partial charge in [-0.25, -0.2) is 9.98 Å². The van der Waals surface area contributed by atoms with Crippen molar-refractivity contribution in [3.8, 4) is 0 Å². The summed E-state index contributed by atoms with van der Waals surface area (Å²) in [6.07, 6.45) is 0. The number of aliphatic imine (C=N–C) groups is 2. The Morgan fingerprint density at radius 2 is 1.00 bits per heavy atom. The summed E-state index contributed by atoms with van der Waals surface area (Å²) in [5, 5.41) is 4.65. The predicted molar refractivity (Wildman–Crippen MR) is 90.3 cm³/mol. The molecule has 0 aliphatic rings. The Labute approximate surface area is 129 Å². The first kappa shape index (κ1) is 16.1. The van der Waals surface area contributed by atoms with E-state index < -0.39 is 0 Å². The van der Waals surface area contributed by atoms with Gasteiger partial charge in [-0.2, -0.15) is 0 Å². The minimum Gasteiger partial charge on any atom is -0.228 e. The zero-order chi connectivity index (χ0) is 14.5. The van der Waals surface area contributed by atoms with Crippen molar-refractivity contribution in [2.75, 3.05) is 0 Å². The number of thiocarbonyl (C=S) groups is 2. The normalized spacial score (nSPS) is 8.40. The van der Waals surface area contributed by atoms with E-state index >= 15 is 0 Å². The molecule has 0 spiro atoms. The molecule has 4 heteroatoms. The molecule has 0 heterocycles. The van der Waals surface area contributed by atoms with Gasteiger partial charge in [-0.05, 0) is 35.6 Å². The van der Waals surface area contributed by atoms with Gasteiger partial charge >= 0.3 is 0 Å². The van der Waals surface area contributed by atoms with Crippen molar-refractivity contribution in [1.29, 1.82) is 0 Å². The summed E-state index contributed by atoms with van der Waals surface area (Å²) in [6, 6.07) is 19.9. The minimum atomic E-state index is 0.643. The molecule has 0 aromatic heterocycles. The van der Waals surface area contributed by atoms with Crippen molar-refractivity contribution in [2.45, 2.75) is 13.1 Å². The van der Waals surface area contributed by atoms with E-state index in [4.69, 9.17) is 0 Å². The number of hydrogen-bond donors (Lipinski definition) is 0. The summed E-state index contributed by atoms with van der Waals surface area (Å²) in [5.41, 5.74) is 2.33. The van der Waals surface area contributed by atoms with Crippen LogP contribution in [-0.2, 0) is 13.1 Å². The molecule has 2 aromatic rings. The zero-order valence-electron chi connectivity index (χ0n) is 10.9. The summed E-state index contributed by atoms with van der Waals surface area (Å²) >= 11 is 8.87. The highest BCUT2D eigenvalue weighted by Gasteiger charge is 1.84. The van der Waals surface area contributed by atoms with E-state index in [1.165, 1.54) is 11.1 Å². The Morgan fingerprint density at radius 1 is 0.650 bits per heavy atom. The number of hydrogen-bond acceptors (Lipinski definition) is 4. The molecular weight excluding hydrogens is 284 g/mol. The van der Waals surface area contributed by atoms with Crippen LogP contribution in [0.5, 0.6) is 0 Å². The molecule has 0 fully saturated rings. The Hall–Kier alpha value is -1.96. The average molecular weight is 298 g/mol. The van der Waals surface area contributed by atoms with E-state index in [-0.39, 0.29) is 0 Å². The SMILES string of the molecule is S=C=NCc1ccccc1.S=C=NCc1ccccc1. The van der Waals surface area contributed by atoms with Gasteiger partial charge in [-0.3, -0.25) is 0 Å². The Balaban J connectivity index is 0.000000200. The maximum atomic E-state index is 4.43. The maximum Gasteiger partial charge on any atom is 0.0743 e. The standard InChI is InChI=1S/2C8H7NS/c2*10-7-9-6-8-4-2-1-3-5-8/h2*1-5H,6H2. The molecule has 0 N–H and O–H groups in total. The first-order chi connectivity index (χ1) is 9.86. The Bertz CT molecular complexity index is 529. The highest BCUT2D eigenvalue weighted by Crippen LogP contribution is 1.99. The van der Waals surface area contributed by atoms with Crippen molar-refractivity contribution in [3.05, 3.63) is 71.8 Å². The van der Waals surface area contributed by atoms with Crippen LogP contribution in [0.25, 0.3) is 0 Å². The van der Waals surface area contributed by atoms with Crippen molar-refractivity contribution in [3.63, 3.8) is 0 Å². The largest absolute Gasteiger partial charge is 0.228 e. The Morgan fingerprint density at radius 3 is 1.30 bits per heavy atom. The van der Waals surface area contributed by atoms with E-state index in [0.717, 1.165) is 0 Å². The van der Waals surface area contributed by atoms with Gasteiger partial charge in [0.25, 0.3) is 0 Å². The first-order valence-electron chi connectivity index (χ1n) is 6.02. The van der Waals surface area contributed by atoms with Gasteiger partial charge in [0.1, 0.15) is 0 Å². The van der Waals surface area contributed by atoms with Crippen LogP contribution in [0.15, 0.2) is 70.6 Å². The Kier molecular flexibility index (Phi) is 8.79. The van der Waals surface area contributed by atoms with Crippen molar-refractivity contribution in [2.24, 2.45) is 9.98 Å². The summed E-state index contributed by atoms with van der Waals surface area (Å²) in [4.78, 5) is 7.61. The lowest BCUT2D eigenvalue weighted by molar-refractivity contribution is 1.08. The molecule has 0 aliphatic carbocycles. The van der Waals surface area contributed by atoms with Crippen LogP contribution in [-0.4, -0.2) is 10.3 Å². The molecule has 0 unspecified atom stereocenters. The van der Waals surface area contributed by atoms with Gasteiger partial charge < -0.3 is 0 Å². The zero-order valence-corrected chi connectivity index (χ0v) is 12.5. The predicted octanol–water partition coefficient (Wildman–Crippen LogP) is 4.58. The topological polar surface area (TPSA) is 24.7 Å². The van der Waals surface area contributed by atoms with Gasteiger partial charge in [0.2, 0.25) is 0 Å². The van der Waals surface area contributed by atoms with Gasteiger partial charge in [0.05, 0.1) is 23.4 Å². The van der Waals surface area contributed by atoms with E-state index in [0.29, 0.717) is 13.1 Å². The highest BCUT2D eigenvalue weighted by atomic mass is 32.1. The molecule has 2 rings (SSSR count). The first-order valence-corrected chi connectivity index (χ1v) is 6.83. The number of nitrogens with zero attached hydrogens (tertiary/aromatic N) is 2. The summed E-state index contributed by atoms with van der Waals surface area (Å²) < 4.78 is 0. The van der Waals surface area contributed by atoms with Crippen LogP contribution in [0, 0.1) is 0 Å². The molecule has 2 nitrogen and oxygen atoms in total. The fraction of sp³-hybridized carbons (Fsp3) is 0.125. The highest BCUT2D eigenvalue weighted by molar-refractivity contribution is 7.78. The summed E-state index contributed by atoms with van der Waals surface area (Å²) in [7, 11) is 0. The quantitative estimate of drug-likeness (QED) is 0.609. The number of rotatable bonds is 4. The maximum absolute atomic E-state index is 4.43. The molecule has 0 bridgehead atoms. The van der Waals surface area contributed by atoms with Crippen molar-refractivity contribution < 1.29 is 0 Å².